The number of carbonyl (C=O) groups excluding carboxylic acids is 1. The monoisotopic (exact) mass is 247 g/mol. The molecule has 98 valence electrons. The normalized spacial score (nSPS) is 16.8. The Morgan fingerprint density at radius 1 is 1.33 bits per heavy atom. The van der Waals surface area contributed by atoms with E-state index in [-0.39, 0.29) is 11.3 Å². The van der Waals surface area contributed by atoms with Crippen LogP contribution >= 0.6 is 0 Å². The first-order valence-electron chi connectivity index (χ1n) is 6.66. The molecule has 0 heterocycles. The highest BCUT2D eigenvalue weighted by Crippen LogP contribution is 2.44. The molecule has 1 fully saturated rings. The highest BCUT2D eigenvalue weighted by atomic mass is 16.5. The summed E-state index contributed by atoms with van der Waals surface area (Å²) < 4.78 is 5.16. The first-order chi connectivity index (χ1) is 8.73. The number of rotatable bonds is 5. The number of nitrogens with one attached hydrogen (secondary N) is 1. The van der Waals surface area contributed by atoms with E-state index in [1.54, 1.807) is 7.11 Å². The molecule has 0 unspecified atom stereocenters. The molecule has 0 aliphatic heterocycles. The van der Waals surface area contributed by atoms with Crippen LogP contribution in [0.25, 0.3) is 0 Å². The second-order valence-electron chi connectivity index (χ2n) is 4.92. The van der Waals surface area contributed by atoms with Gasteiger partial charge in [-0.15, -0.1) is 0 Å². The second kappa shape index (κ2) is 5.42. The zero-order valence-electron chi connectivity index (χ0n) is 11.2. The lowest BCUT2D eigenvalue weighted by molar-refractivity contribution is -0.129. The maximum Gasteiger partial charge on any atom is 0.230 e. The van der Waals surface area contributed by atoms with Gasteiger partial charge in [-0.3, -0.25) is 4.79 Å². The van der Waals surface area contributed by atoms with Crippen LogP contribution in [0.4, 0.5) is 0 Å². The summed E-state index contributed by atoms with van der Waals surface area (Å²) in [5.41, 5.74) is 0.824. The third kappa shape index (κ3) is 2.22. The fourth-order valence-electron chi connectivity index (χ4n) is 2.49. The van der Waals surface area contributed by atoms with Crippen LogP contribution in [-0.4, -0.2) is 19.6 Å². The molecule has 1 aromatic carbocycles. The maximum atomic E-state index is 12.3. The first kappa shape index (κ1) is 12.9. The van der Waals surface area contributed by atoms with Crippen molar-refractivity contribution in [1.29, 1.82) is 0 Å². The van der Waals surface area contributed by atoms with Crippen LogP contribution < -0.4 is 10.1 Å². The predicted octanol–water partition coefficient (Wildman–Crippen LogP) is 2.64. The average Bonchev–Trinajstić information content (AvgIpc) is 2.36. The van der Waals surface area contributed by atoms with Crippen molar-refractivity contribution in [3.8, 4) is 5.75 Å². The quantitative estimate of drug-likeness (QED) is 0.868. The summed E-state index contributed by atoms with van der Waals surface area (Å²) in [6.45, 7) is 2.83. The Labute approximate surface area is 109 Å². The van der Waals surface area contributed by atoms with E-state index in [9.17, 15) is 4.79 Å². The summed E-state index contributed by atoms with van der Waals surface area (Å²) in [4.78, 5) is 12.3. The molecule has 1 amide bonds. The van der Waals surface area contributed by atoms with Gasteiger partial charge in [-0.1, -0.05) is 25.5 Å². The molecular weight excluding hydrogens is 226 g/mol. The van der Waals surface area contributed by atoms with E-state index >= 15 is 0 Å². The van der Waals surface area contributed by atoms with Gasteiger partial charge in [-0.25, -0.2) is 0 Å². The van der Waals surface area contributed by atoms with Crippen LogP contribution in [0.5, 0.6) is 5.75 Å². The van der Waals surface area contributed by atoms with Crippen LogP contribution in [0.3, 0.4) is 0 Å². The van der Waals surface area contributed by atoms with Crippen LogP contribution in [0, 0.1) is 0 Å². The van der Waals surface area contributed by atoms with E-state index in [2.05, 4.69) is 12.2 Å². The number of amides is 1. The number of carbonyl (C=O) groups is 1. The van der Waals surface area contributed by atoms with Gasteiger partial charge in [-0.05, 0) is 37.0 Å². The third-order valence-corrected chi connectivity index (χ3v) is 3.82. The number of methoxy groups -OCH3 is 1. The topological polar surface area (TPSA) is 38.3 Å². The minimum Gasteiger partial charge on any atom is -0.497 e. The fraction of sp³-hybridized carbons (Fsp3) is 0.533. The molecule has 3 nitrogen and oxygen atoms in total. The van der Waals surface area contributed by atoms with Crippen molar-refractivity contribution < 1.29 is 9.53 Å². The zero-order valence-corrected chi connectivity index (χ0v) is 11.2. The lowest BCUT2D eigenvalue weighted by Gasteiger charge is -2.40. The van der Waals surface area contributed by atoms with Crippen molar-refractivity contribution in [2.24, 2.45) is 0 Å². The highest BCUT2D eigenvalue weighted by molar-refractivity contribution is 5.89. The Morgan fingerprint density at radius 3 is 2.44 bits per heavy atom. The van der Waals surface area contributed by atoms with Gasteiger partial charge in [0.25, 0.3) is 0 Å². The van der Waals surface area contributed by atoms with Gasteiger partial charge in [0.15, 0.2) is 0 Å². The van der Waals surface area contributed by atoms with Crippen molar-refractivity contribution >= 4 is 5.91 Å². The molecule has 1 aromatic rings. The van der Waals surface area contributed by atoms with Crippen molar-refractivity contribution in [2.45, 2.75) is 38.0 Å². The smallest absolute Gasteiger partial charge is 0.230 e. The Kier molecular flexibility index (Phi) is 3.90. The summed E-state index contributed by atoms with van der Waals surface area (Å²) in [7, 11) is 1.65. The maximum absolute atomic E-state index is 12.3. The predicted molar refractivity (Wildman–Crippen MR) is 71.8 cm³/mol. The lowest BCUT2D eigenvalue weighted by Crippen LogP contribution is -2.49. The third-order valence-electron chi connectivity index (χ3n) is 3.82. The standard InChI is InChI=1S/C15H21NO2/c1-3-11-16-14(17)15(9-4-10-15)12-5-7-13(18-2)8-6-12/h5-8H,3-4,9-11H2,1-2H3,(H,16,17). The molecule has 0 aromatic heterocycles. The summed E-state index contributed by atoms with van der Waals surface area (Å²) in [6, 6.07) is 7.90. The van der Waals surface area contributed by atoms with Gasteiger partial charge in [-0.2, -0.15) is 0 Å². The molecule has 3 heteroatoms. The molecule has 0 spiro atoms. The summed E-state index contributed by atoms with van der Waals surface area (Å²) in [5, 5.41) is 3.03. The Hall–Kier alpha value is -1.51. The Bertz CT molecular complexity index is 407. The molecule has 0 radical (unpaired) electrons. The molecular formula is C15H21NO2. The van der Waals surface area contributed by atoms with E-state index in [0.29, 0.717) is 0 Å². The summed E-state index contributed by atoms with van der Waals surface area (Å²) in [5.74, 6) is 1.02. The van der Waals surface area contributed by atoms with Crippen molar-refractivity contribution in [1.82, 2.24) is 5.32 Å². The number of hydrogen-bond acceptors (Lipinski definition) is 2. The fourth-order valence-corrected chi connectivity index (χ4v) is 2.49. The van der Waals surface area contributed by atoms with Gasteiger partial charge in [0.05, 0.1) is 12.5 Å². The van der Waals surface area contributed by atoms with Gasteiger partial charge < -0.3 is 10.1 Å². The molecule has 1 N–H and O–H groups in total. The summed E-state index contributed by atoms with van der Waals surface area (Å²) >= 11 is 0. The Morgan fingerprint density at radius 2 is 2.00 bits per heavy atom. The van der Waals surface area contributed by atoms with Gasteiger partial charge in [0.1, 0.15) is 5.75 Å². The SMILES string of the molecule is CCCNC(=O)C1(c2ccc(OC)cc2)CCC1. The van der Waals surface area contributed by atoms with E-state index in [1.807, 2.05) is 24.3 Å². The van der Waals surface area contributed by atoms with Crippen LogP contribution in [0.15, 0.2) is 24.3 Å². The molecule has 0 saturated heterocycles. The highest BCUT2D eigenvalue weighted by Gasteiger charge is 2.45. The number of hydrogen-bond donors (Lipinski definition) is 1. The minimum absolute atomic E-state index is 0.181. The first-order valence-corrected chi connectivity index (χ1v) is 6.66. The van der Waals surface area contributed by atoms with Crippen molar-refractivity contribution in [3.63, 3.8) is 0 Å². The number of benzene rings is 1. The second-order valence-corrected chi connectivity index (χ2v) is 4.92. The van der Waals surface area contributed by atoms with Gasteiger partial charge in [0.2, 0.25) is 5.91 Å². The van der Waals surface area contributed by atoms with E-state index < -0.39 is 0 Å². The van der Waals surface area contributed by atoms with E-state index in [0.717, 1.165) is 43.5 Å². The van der Waals surface area contributed by atoms with E-state index in [1.165, 1.54) is 0 Å². The van der Waals surface area contributed by atoms with E-state index in [4.69, 9.17) is 4.74 Å². The lowest BCUT2D eigenvalue weighted by atomic mass is 9.64. The minimum atomic E-state index is -0.290. The summed E-state index contributed by atoms with van der Waals surface area (Å²) in [6.07, 6.45) is 4.01. The molecule has 0 bridgehead atoms. The van der Waals surface area contributed by atoms with Crippen LogP contribution in [0.1, 0.15) is 38.2 Å². The molecule has 18 heavy (non-hydrogen) atoms. The van der Waals surface area contributed by atoms with Crippen LogP contribution in [0.2, 0.25) is 0 Å². The van der Waals surface area contributed by atoms with Gasteiger partial charge in [0, 0.05) is 6.54 Å². The number of ether oxygens (including phenoxy) is 1. The van der Waals surface area contributed by atoms with Crippen LogP contribution in [-0.2, 0) is 10.2 Å². The largest absolute Gasteiger partial charge is 0.497 e. The zero-order chi connectivity index (χ0) is 13.0. The molecule has 2 rings (SSSR count). The molecule has 1 aliphatic carbocycles. The van der Waals surface area contributed by atoms with Crippen molar-refractivity contribution in [2.75, 3.05) is 13.7 Å². The molecule has 0 atom stereocenters. The average molecular weight is 247 g/mol. The molecule has 1 aliphatic rings. The van der Waals surface area contributed by atoms with Crippen molar-refractivity contribution in [3.05, 3.63) is 29.8 Å². The molecule has 1 saturated carbocycles. The Balaban J connectivity index is 2.18. The van der Waals surface area contributed by atoms with Gasteiger partial charge >= 0.3 is 0 Å².